The Morgan fingerprint density at radius 2 is 1.64 bits per heavy atom. The van der Waals surface area contributed by atoms with Crippen molar-refractivity contribution in [3.05, 3.63) is 34.9 Å². The van der Waals surface area contributed by atoms with Crippen LogP contribution in [0.1, 0.15) is 19.4 Å². The predicted molar refractivity (Wildman–Crippen MR) is 68.0 cm³/mol. The van der Waals surface area contributed by atoms with Crippen molar-refractivity contribution in [2.75, 3.05) is 11.5 Å². The van der Waals surface area contributed by atoms with E-state index < -0.39 is 10.2 Å². The fourth-order valence-electron chi connectivity index (χ4n) is 1.32. The Labute approximate surface area is 93.1 Å². The molecule has 0 aromatic heterocycles. The molecule has 2 N–H and O–H groups in total. The average Bonchev–Trinajstić information content (AvgIpc) is 2.21. The number of hydrogen-bond acceptors (Lipinski definition) is 1. The van der Waals surface area contributed by atoms with Crippen LogP contribution in [0.5, 0.6) is 0 Å². The van der Waals surface area contributed by atoms with Crippen molar-refractivity contribution < 1.29 is 0 Å². The third-order valence-electron chi connectivity index (χ3n) is 2.52. The van der Waals surface area contributed by atoms with E-state index in [4.69, 9.17) is 16.7 Å². The van der Waals surface area contributed by atoms with Gasteiger partial charge in [-0.3, -0.25) is 5.14 Å². The molecular weight excluding hydrogens is 214 g/mol. The standard InChI is InChI=1S/C11H18ClNS/c1-3-14(13,4-2)9-10-5-7-11(12)8-6-10/h5-8H,3-4,9,13H2,1-2H3. The van der Waals surface area contributed by atoms with Crippen molar-refractivity contribution in [1.82, 2.24) is 0 Å². The molecule has 1 aromatic carbocycles. The van der Waals surface area contributed by atoms with Crippen molar-refractivity contribution in [2.24, 2.45) is 5.14 Å². The molecule has 0 spiro atoms. The number of halogens is 1. The fraction of sp³-hybridized carbons (Fsp3) is 0.455. The molecule has 1 rings (SSSR count). The second-order valence-corrected chi connectivity index (χ2v) is 7.57. The molecule has 14 heavy (non-hydrogen) atoms. The SMILES string of the molecule is CCS(N)(CC)Cc1ccc(Cl)cc1. The summed E-state index contributed by atoms with van der Waals surface area (Å²) in [7, 11) is -0.924. The molecule has 1 aromatic rings. The lowest BCUT2D eigenvalue weighted by Crippen LogP contribution is -2.17. The van der Waals surface area contributed by atoms with Crippen LogP contribution in [0.25, 0.3) is 0 Å². The van der Waals surface area contributed by atoms with Crippen LogP contribution in [0, 0.1) is 0 Å². The number of benzene rings is 1. The molecule has 0 amide bonds. The van der Waals surface area contributed by atoms with Crippen LogP contribution in [-0.2, 0) is 5.75 Å². The first-order valence-corrected chi connectivity index (χ1v) is 7.46. The van der Waals surface area contributed by atoms with E-state index in [0.717, 1.165) is 22.3 Å². The zero-order valence-corrected chi connectivity index (χ0v) is 10.4. The Bertz CT molecular complexity index is 280. The van der Waals surface area contributed by atoms with Gasteiger partial charge in [0, 0.05) is 10.8 Å². The molecule has 0 aliphatic carbocycles. The molecule has 3 heteroatoms. The van der Waals surface area contributed by atoms with Gasteiger partial charge in [-0.15, -0.1) is 0 Å². The molecule has 0 saturated carbocycles. The van der Waals surface area contributed by atoms with Crippen molar-refractivity contribution >= 4 is 21.8 Å². The smallest absolute Gasteiger partial charge is 0.0406 e. The molecule has 0 radical (unpaired) electrons. The van der Waals surface area contributed by atoms with E-state index in [2.05, 4.69) is 26.0 Å². The van der Waals surface area contributed by atoms with Gasteiger partial charge in [-0.1, -0.05) is 37.6 Å². The first kappa shape index (κ1) is 11.9. The summed E-state index contributed by atoms with van der Waals surface area (Å²) < 4.78 is 0. The van der Waals surface area contributed by atoms with E-state index in [1.807, 2.05) is 12.1 Å². The van der Waals surface area contributed by atoms with Gasteiger partial charge in [-0.05, 0) is 29.2 Å². The molecule has 0 heterocycles. The van der Waals surface area contributed by atoms with Crippen LogP contribution in [0.15, 0.2) is 24.3 Å². The third kappa shape index (κ3) is 3.19. The van der Waals surface area contributed by atoms with E-state index in [1.165, 1.54) is 5.56 Å². The second kappa shape index (κ2) is 5.06. The molecule has 0 atom stereocenters. The summed E-state index contributed by atoms with van der Waals surface area (Å²) in [4.78, 5) is 0. The van der Waals surface area contributed by atoms with Gasteiger partial charge in [0.05, 0.1) is 0 Å². The molecular formula is C11H18ClNS. The first-order chi connectivity index (χ1) is 6.59. The van der Waals surface area contributed by atoms with Gasteiger partial charge in [-0.2, -0.15) is 10.2 Å². The van der Waals surface area contributed by atoms with Gasteiger partial charge in [0.2, 0.25) is 0 Å². The maximum absolute atomic E-state index is 6.32. The highest BCUT2D eigenvalue weighted by Gasteiger charge is 2.14. The Morgan fingerprint density at radius 3 is 2.07 bits per heavy atom. The van der Waals surface area contributed by atoms with Gasteiger partial charge in [0.25, 0.3) is 0 Å². The van der Waals surface area contributed by atoms with Gasteiger partial charge in [0.1, 0.15) is 0 Å². The fourth-order valence-corrected chi connectivity index (χ4v) is 3.12. The molecule has 80 valence electrons. The lowest BCUT2D eigenvalue weighted by Gasteiger charge is -2.33. The number of nitrogens with two attached hydrogens (primary N) is 1. The Balaban J connectivity index is 2.72. The summed E-state index contributed by atoms with van der Waals surface area (Å²) >= 11 is 5.83. The van der Waals surface area contributed by atoms with Crippen LogP contribution in [-0.4, -0.2) is 11.5 Å². The minimum atomic E-state index is -0.924. The Kier molecular flexibility index (Phi) is 4.30. The lowest BCUT2D eigenvalue weighted by atomic mass is 10.2. The topological polar surface area (TPSA) is 26.0 Å². The molecule has 0 fully saturated rings. The highest BCUT2D eigenvalue weighted by molar-refractivity contribution is 8.31. The molecule has 1 nitrogen and oxygen atoms in total. The summed E-state index contributed by atoms with van der Waals surface area (Å²) in [5.41, 5.74) is 1.30. The minimum absolute atomic E-state index is 0.791. The Morgan fingerprint density at radius 1 is 1.14 bits per heavy atom. The molecule has 0 aliphatic rings. The van der Waals surface area contributed by atoms with Crippen molar-refractivity contribution in [3.63, 3.8) is 0 Å². The van der Waals surface area contributed by atoms with Gasteiger partial charge in [0.15, 0.2) is 0 Å². The monoisotopic (exact) mass is 231 g/mol. The average molecular weight is 232 g/mol. The van der Waals surface area contributed by atoms with E-state index in [9.17, 15) is 0 Å². The molecule has 0 aliphatic heterocycles. The largest absolute Gasteiger partial charge is 0.294 e. The second-order valence-electron chi connectivity index (χ2n) is 3.46. The summed E-state index contributed by atoms with van der Waals surface area (Å²) in [5.74, 6) is 3.19. The van der Waals surface area contributed by atoms with E-state index in [1.54, 1.807) is 0 Å². The summed E-state index contributed by atoms with van der Waals surface area (Å²) in [6.45, 7) is 4.35. The zero-order valence-electron chi connectivity index (χ0n) is 8.79. The Hall–Kier alpha value is -0.180. The van der Waals surface area contributed by atoms with Crippen LogP contribution < -0.4 is 5.14 Å². The van der Waals surface area contributed by atoms with Crippen molar-refractivity contribution in [1.29, 1.82) is 0 Å². The van der Waals surface area contributed by atoms with Crippen LogP contribution in [0.4, 0.5) is 0 Å². The highest BCUT2D eigenvalue weighted by Crippen LogP contribution is 2.42. The maximum atomic E-state index is 6.32. The highest BCUT2D eigenvalue weighted by atomic mass is 35.5. The summed E-state index contributed by atoms with van der Waals surface area (Å²) in [6, 6.07) is 8.01. The van der Waals surface area contributed by atoms with Gasteiger partial charge >= 0.3 is 0 Å². The number of rotatable bonds is 4. The quantitative estimate of drug-likeness (QED) is 0.843. The van der Waals surface area contributed by atoms with Gasteiger partial charge < -0.3 is 0 Å². The maximum Gasteiger partial charge on any atom is 0.0406 e. The van der Waals surface area contributed by atoms with Crippen LogP contribution >= 0.6 is 21.8 Å². The predicted octanol–water partition coefficient (Wildman–Crippen LogP) is 3.56. The summed E-state index contributed by atoms with van der Waals surface area (Å²) in [6.07, 6.45) is 0. The minimum Gasteiger partial charge on any atom is -0.294 e. The zero-order chi connectivity index (χ0) is 10.6. The van der Waals surface area contributed by atoms with Crippen LogP contribution in [0.2, 0.25) is 5.02 Å². The normalized spacial score (nSPS) is 12.9. The van der Waals surface area contributed by atoms with E-state index >= 15 is 0 Å². The van der Waals surface area contributed by atoms with E-state index in [-0.39, 0.29) is 0 Å². The van der Waals surface area contributed by atoms with Gasteiger partial charge in [-0.25, -0.2) is 0 Å². The molecule has 0 unspecified atom stereocenters. The van der Waals surface area contributed by atoms with Crippen LogP contribution in [0.3, 0.4) is 0 Å². The molecule has 0 bridgehead atoms. The number of hydrogen-bond donors (Lipinski definition) is 1. The lowest BCUT2D eigenvalue weighted by molar-refractivity contribution is 1.29. The van der Waals surface area contributed by atoms with Crippen molar-refractivity contribution in [3.8, 4) is 0 Å². The van der Waals surface area contributed by atoms with E-state index in [0.29, 0.717) is 0 Å². The summed E-state index contributed by atoms with van der Waals surface area (Å²) in [5, 5.41) is 7.11. The first-order valence-electron chi connectivity index (χ1n) is 4.88. The third-order valence-corrected chi connectivity index (χ3v) is 5.98. The van der Waals surface area contributed by atoms with Crippen molar-refractivity contribution in [2.45, 2.75) is 19.6 Å². The molecule has 0 saturated heterocycles.